The van der Waals surface area contributed by atoms with Crippen LogP contribution >= 0.6 is 0 Å². The molecular formula is C17H23NO. The number of hydrogen-bond acceptors (Lipinski definition) is 2. The van der Waals surface area contributed by atoms with Crippen LogP contribution in [0.25, 0.3) is 11.0 Å². The molecule has 19 heavy (non-hydrogen) atoms. The highest BCUT2D eigenvalue weighted by molar-refractivity contribution is 5.79. The van der Waals surface area contributed by atoms with Gasteiger partial charge in [-0.25, -0.2) is 0 Å². The predicted octanol–water partition coefficient (Wildman–Crippen LogP) is 4.37. The third kappa shape index (κ3) is 2.55. The first-order valence-electron chi connectivity index (χ1n) is 7.35. The summed E-state index contributed by atoms with van der Waals surface area (Å²) in [4.78, 5) is 2.40. The zero-order valence-electron chi connectivity index (χ0n) is 12.1. The van der Waals surface area contributed by atoms with E-state index in [-0.39, 0.29) is 0 Å². The summed E-state index contributed by atoms with van der Waals surface area (Å²) in [5.41, 5.74) is 2.43. The molecule has 1 aliphatic heterocycles. The highest BCUT2D eigenvalue weighted by Crippen LogP contribution is 2.33. The Hall–Kier alpha value is -1.28. The van der Waals surface area contributed by atoms with E-state index in [1.807, 2.05) is 0 Å². The molecule has 1 saturated heterocycles. The number of hydrogen-bond donors (Lipinski definition) is 0. The van der Waals surface area contributed by atoms with E-state index >= 15 is 0 Å². The van der Waals surface area contributed by atoms with E-state index in [1.54, 1.807) is 0 Å². The van der Waals surface area contributed by atoms with Crippen LogP contribution in [0.1, 0.15) is 49.8 Å². The smallest absolute Gasteiger partial charge is 0.134 e. The largest absolute Gasteiger partial charge is 0.461 e. The minimum atomic E-state index is 0.575. The molecule has 3 rings (SSSR count). The van der Waals surface area contributed by atoms with Crippen molar-refractivity contribution < 1.29 is 4.42 Å². The molecular weight excluding hydrogens is 234 g/mol. The van der Waals surface area contributed by atoms with E-state index in [0.29, 0.717) is 11.8 Å². The number of likely N-dealkylation sites (tertiary alicyclic amines) is 1. The molecule has 0 N–H and O–H groups in total. The molecule has 0 aliphatic carbocycles. The quantitative estimate of drug-likeness (QED) is 0.794. The van der Waals surface area contributed by atoms with Gasteiger partial charge in [0.1, 0.15) is 11.3 Å². The van der Waals surface area contributed by atoms with Gasteiger partial charge in [-0.05, 0) is 62.7 Å². The Bertz CT molecular complexity index is 562. The zero-order valence-corrected chi connectivity index (χ0v) is 12.1. The summed E-state index contributed by atoms with van der Waals surface area (Å²) in [6, 6.07) is 8.86. The lowest BCUT2D eigenvalue weighted by Gasteiger charge is -2.27. The third-order valence-electron chi connectivity index (χ3n) is 4.35. The van der Waals surface area contributed by atoms with Crippen molar-refractivity contribution >= 4 is 11.0 Å². The fourth-order valence-electron chi connectivity index (χ4n) is 2.94. The van der Waals surface area contributed by atoms with Crippen LogP contribution in [0.15, 0.2) is 28.7 Å². The van der Waals surface area contributed by atoms with Gasteiger partial charge in [0, 0.05) is 11.3 Å². The number of rotatable bonds is 2. The van der Waals surface area contributed by atoms with E-state index in [0.717, 1.165) is 5.58 Å². The molecule has 0 atom stereocenters. The monoisotopic (exact) mass is 257 g/mol. The van der Waals surface area contributed by atoms with Crippen LogP contribution < -0.4 is 0 Å². The predicted molar refractivity (Wildman–Crippen MR) is 79.8 cm³/mol. The molecule has 2 heterocycles. The molecule has 1 aliphatic rings. The maximum Gasteiger partial charge on any atom is 0.134 e. The van der Waals surface area contributed by atoms with Crippen LogP contribution in [0.3, 0.4) is 0 Å². The lowest BCUT2D eigenvalue weighted by Crippen LogP contribution is -2.29. The number of fused-ring (bicyclic) bond motifs is 1. The Morgan fingerprint density at radius 1 is 1.16 bits per heavy atom. The first-order chi connectivity index (χ1) is 9.13. The summed E-state index contributed by atoms with van der Waals surface area (Å²) in [6.45, 7) is 6.83. The van der Waals surface area contributed by atoms with Crippen molar-refractivity contribution in [3.63, 3.8) is 0 Å². The number of piperidine rings is 1. The van der Waals surface area contributed by atoms with Crippen molar-refractivity contribution in [3.05, 3.63) is 35.6 Å². The number of nitrogens with zero attached hydrogens (tertiary/aromatic N) is 1. The van der Waals surface area contributed by atoms with Crippen molar-refractivity contribution in [1.29, 1.82) is 0 Å². The zero-order chi connectivity index (χ0) is 13.4. The van der Waals surface area contributed by atoms with E-state index < -0.39 is 0 Å². The fourth-order valence-corrected chi connectivity index (χ4v) is 2.94. The normalized spacial score (nSPS) is 18.5. The number of benzene rings is 1. The van der Waals surface area contributed by atoms with Crippen LogP contribution in [0.5, 0.6) is 0 Å². The second-order valence-corrected chi connectivity index (χ2v) is 6.18. The van der Waals surface area contributed by atoms with Gasteiger partial charge >= 0.3 is 0 Å². The van der Waals surface area contributed by atoms with Gasteiger partial charge in [0.2, 0.25) is 0 Å². The van der Waals surface area contributed by atoms with E-state index in [1.165, 1.54) is 42.6 Å². The molecule has 2 nitrogen and oxygen atoms in total. The van der Waals surface area contributed by atoms with Gasteiger partial charge in [-0.1, -0.05) is 19.9 Å². The van der Waals surface area contributed by atoms with Crippen LogP contribution in [-0.2, 0) is 0 Å². The Morgan fingerprint density at radius 3 is 2.58 bits per heavy atom. The molecule has 1 fully saturated rings. The van der Waals surface area contributed by atoms with Crippen LogP contribution in [0, 0.1) is 0 Å². The molecule has 1 aromatic carbocycles. The van der Waals surface area contributed by atoms with Gasteiger partial charge in [0.25, 0.3) is 0 Å². The van der Waals surface area contributed by atoms with Gasteiger partial charge < -0.3 is 9.32 Å². The maximum atomic E-state index is 6.06. The molecule has 0 amide bonds. The second kappa shape index (κ2) is 5.01. The summed E-state index contributed by atoms with van der Waals surface area (Å²) in [6.07, 6.45) is 2.43. The van der Waals surface area contributed by atoms with E-state index in [4.69, 9.17) is 4.42 Å². The fraction of sp³-hybridized carbons (Fsp3) is 0.529. The highest BCUT2D eigenvalue weighted by Gasteiger charge is 2.21. The molecule has 0 bridgehead atoms. The summed E-state index contributed by atoms with van der Waals surface area (Å²) in [5, 5.41) is 1.26. The summed E-state index contributed by atoms with van der Waals surface area (Å²) in [7, 11) is 2.20. The Labute approximate surface area is 115 Å². The summed E-state index contributed by atoms with van der Waals surface area (Å²) in [5.74, 6) is 2.36. The van der Waals surface area contributed by atoms with Crippen molar-refractivity contribution in [2.24, 2.45) is 0 Å². The van der Waals surface area contributed by atoms with Crippen molar-refractivity contribution in [1.82, 2.24) is 4.90 Å². The Kier molecular flexibility index (Phi) is 3.36. The molecule has 0 unspecified atom stereocenters. The minimum absolute atomic E-state index is 0.575. The standard InChI is InChI=1S/C17H23NO/c1-12(2)14-4-5-16-15(10-14)11-17(19-16)13-6-8-18(3)9-7-13/h4-5,10-13H,6-9H2,1-3H3. The number of furan rings is 1. The van der Waals surface area contributed by atoms with Crippen molar-refractivity contribution in [2.75, 3.05) is 20.1 Å². The lowest BCUT2D eigenvalue weighted by atomic mass is 9.94. The average Bonchev–Trinajstić information content (AvgIpc) is 2.82. The van der Waals surface area contributed by atoms with Crippen molar-refractivity contribution in [2.45, 2.75) is 38.5 Å². The third-order valence-corrected chi connectivity index (χ3v) is 4.35. The van der Waals surface area contributed by atoms with Gasteiger partial charge in [-0.15, -0.1) is 0 Å². The second-order valence-electron chi connectivity index (χ2n) is 6.18. The molecule has 102 valence electrons. The van der Waals surface area contributed by atoms with E-state index in [2.05, 4.69) is 50.1 Å². The topological polar surface area (TPSA) is 16.4 Å². The average molecular weight is 257 g/mol. The maximum absolute atomic E-state index is 6.06. The lowest BCUT2D eigenvalue weighted by molar-refractivity contribution is 0.242. The summed E-state index contributed by atoms with van der Waals surface area (Å²) >= 11 is 0. The van der Waals surface area contributed by atoms with Crippen LogP contribution in [0.4, 0.5) is 0 Å². The summed E-state index contributed by atoms with van der Waals surface area (Å²) < 4.78 is 6.06. The Balaban J connectivity index is 1.89. The molecule has 0 spiro atoms. The van der Waals surface area contributed by atoms with Gasteiger partial charge in [0.05, 0.1) is 0 Å². The molecule has 0 radical (unpaired) electrons. The SMILES string of the molecule is CC(C)c1ccc2oc(C3CCN(C)CC3)cc2c1. The minimum Gasteiger partial charge on any atom is -0.461 e. The first kappa shape index (κ1) is 12.7. The van der Waals surface area contributed by atoms with Gasteiger partial charge in [0.15, 0.2) is 0 Å². The van der Waals surface area contributed by atoms with Crippen molar-refractivity contribution in [3.8, 4) is 0 Å². The Morgan fingerprint density at radius 2 is 1.89 bits per heavy atom. The van der Waals surface area contributed by atoms with Gasteiger partial charge in [-0.3, -0.25) is 0 Å². The molecule has 2 heteroatoms. The van der Waals surface area contributed by atoms with E-state index in [9.17, 15) is 0 Å². The first-order valence-corrected chi connectivity index (χ1v) is 7.35. The van der Waals surface area contributed by atoms with Crippen LogP contribution in [-0.4, -0.2) is 25.0 Å². The van der Waals surface area contributed by atoms with Crippen LogP contribution in [0.2, 0.25) is 0 Å². The van der Waals surface area contributed by atoms with Gasteiger partial charge in [-0.2, -0.15) is 0 Å². The molecule has 2 aromatic rings. The highest BCUT2D eigenvalue weighted by atomic mass is 16.3. The molecule has 0 saturated carbocycles. The molecule has 1 aromatic heterocycles.